The van der Waals surface area contributed by atoms with Crippen LogP contribution in [0.15, 0.2) is 42.5 Å². The maximum absolute atomic E-state index is 13.7. The summed E-state index contributed by atoms with van der Waals surface area (Å²) in [6.45, 7) is 0. The molecular formula is C14H9F2NO2. The molecule has 1 heterocycles. The third-order valence-corrected chi connectivity index (χ3v) is 2.88. The number of hydrogen-bond acceptors (Lipinski definition) is 2. The monoisotopic (exact) mass is 261 g/mol. The standard InChI is InChI=1S/C14H9F2NO2/c15-8-5-6-11(16)10(7-8)14-17-13(18)9-3-1-2-4-12(9)19-14/h1-7,14H,(H,17,18). The van der Waals surface area contributed by atoms with E-state index < -0.39 is 17.9 Å². The summed E-state index contributed by atoms with van der Waals surface area (Å²) >= 11 is 0. The number of halogens is 2. The van der Waals surface area contributed by atoms with Crippen LogP contribution in [0.1, 0.15) is 22.1 Å². The van der Waals surface area contributed by atoms with E-state index in [0.717, 1.165) is 18.2 Å². The fraction of sp³-hybridized carbons (Fsp3) is 0.0714. The van der Waals surface area contributed by atoms with E-state index >= 15 is 0 Å². The van der Waals surface area contributed by atoms with Crippen molar-refractivity contribution >= 4 is 5.91 Å². The molecule has 96 valence electrons. The SMILES string of the molecule is O=C1NC(c2cc(F)ccc2F)Oc2ccccc21. The molecule has 1 aliphatic rings. The Balaban J connectivity index is 2.01. The normalized spacial score (nSPS) is 17.4. The van der Waals surface area contributed by atoms with Gasteiger partial charge in [0.1, 0.15) is 17.4 Å². The molecule has 3 nitrogen and oxygen atoms in total. The maximum atomic E-state index is 13.7. The average molecular weight is 261 g/mol. The zero-order valence-corrected chi connectivity index (χ0v) is 9.69. The van der Waals surface area contributed by atoms with Gasteiger partial charge in [0.2, 0.25) is 6.23 Å². The van der Waals surface area contributed by atoms with Crippen molar-refractivity contribution in [2.24, 2.45) is 0 Å². The summed E-state index contributed by atoms with van der Waals surface area (Å²) in [6.07, 6.45) is -1.03. The Morgan fingerprint density at radius 1 is 1.11 bits per heavy atom. The molecule has 2 aromatic rings. The van der Waals surface area contributed by atoms with Crippen molar-refractivity contribution in [3.63, 3.8) is 0 Å². The molecule has 1 atom stereocenters. The lowest BCUT2D eigenvalue weighted by Crippen LogP contribution is -2.37. The zero-order valence-electron chi connectivity index (χ0n) is 9.69. The second-order valence-corrected chi connectivity index (χ2v) is 4.13. The molecule has 2 aromatic carbocycles. The summed E-state index contributed by atoms with van der Waals surface area (Å²) in [5.41, 5.74) is 0.332. The van der Waals surface area contributed by atoms with Gasteiger partial charge in [-0.3, -0.25) is 4.79 Å². The van der Waals surface area contributed by atoms with Crippen LogP contribution in [0.3, 0.4) is 0 Å². The van der Waals surface area contributed by atoms with Crippen LogP contribution in [-0.2, 0) is 0 Å². The largest absolute Gasteiger partial charge is 0.465 e. The number of para-hydroxylation sites is 1. The molecule has 1 N–H and O–H groups in total. The van der Waals surface area contributed by atoms with Crippen LogP contribution in [0.2, 0.25) is 0 Å². The van der Waals surface area contributed by atoms with Crippen LogP contribution in [0, 0.1) is 11.6 Å². The van der Waals surface area contributed by atoms with E-state index in [4.69, 9.17) is 4.74 Å². The van der Waals surface area contributed by atoms with Gasteiger partial charge in [0.05, 0.1) is 11.1 Å². The summed E-state index contributed by atoms with van der Waals surface area (Å²) in [7, 11) is 0. The molecule has 0 saturated carbocycles. The Morgan fingerprint density at radius 3 is 2.74 bits per heavy atom. The van der Waals surface area contributed by atoms with Crippen molar-refractivity contribution in [2.45, 2.75) is 6.23 Å². The number of fused-ring (bicyclic) bond motifs is 1. The predicted octanol–water partition coefficient (Wildman–Crippen LogP) is 2.79. The minimum absolute atomic E-state index is 0.0390. The maximum Gasteiger partial charge on any atom is 0.258 e. The van der Waals surface area contributed by atoms with Gasteiger partial charge in [-0.05, 0) is 30.3 Å². The van der Waals surface area contributed by atoms with Crippen molar-refractivity contribution in [1.82, 2.24) is 5.32 Å². The van der Waals surface area contributed by atoms with Gasteiger partial charge in [-0.2, -0.15) is 0 Å². The highest BCUT2D eigenvalue weighted by atomic mass is 19.1. The molecule has 1 unspecified atom stereocenters. The number of hydrogen-bond donors (Lipinski definition) is 1. The van der Waals surface area contributed by atoms with Crippen molar-refractivity contribution in [3.8, 4) is 5.75 Å². The van der Waals surface area contributed by atoms with Crippen LogP contribution in [0.5, 0.6) is 5.75 Å². The first-order chi connectivity index (χ1) is 9.15. The summed E-state index contributed by atoms with van der Waals surface area (Å²) < 4.78 is 32.3. The first-order valence-electron chi connectivity index (χ1n) is 5.66. The third kappa shape index (κ3) is 2.03. The Kier molecular flexibility index (Phi) is 2.67. The number of benzene rings is 2. The van der Waals surface area contributed by atoms with Crippen LogP contribution >= 0.6 is 0 Å². The first-order valence-corrected chi connectivity index (χ1v) is 5.66. The summed E-state index contributed by atoms with van der Waals surface area (Å²) in [4.78, 5) is 11.9. The van der Waals surface area contributed by atoms with E-state index in [1.165, 1.54) is 0 Å². The first kappa shape index (κ1) is 11.6. The molecule has 19 heavy (non-hydrogen) atoms. The number of nitrogens with one attached hydrogen (secondary N) is 1. The second-order valence-electron chi connectivity index (χ2n) is 4.13. The van der Waals surface area contributed by atoms with E-state index in [1.807, 2.05) is 0 Å². The second kappa shape index (κ2) is 4.35. The summed E-state index contributed by atoms with van der Waals surface area (Å²) in [5, 5.41) is 2.49. The number of amides is 1. The Bertz CT molecular complexity index is 658. The lowest BCUT2D eigenvalue weighted by molar-refractivity contribution is 0.0749. The molecule has 0 bridgehead atoms. The number of carbonyl (C=O) groups excluding carboxylic acids is 1. The quantitative estimate of drug-likeness (QED) is 0.857. The van der Waals surface area contributed by atoms with Gasteiger partial charge in [0.15, 0.2) is 0 Å². The van der Waals surface area contributed by atoms with Crippen LogP contribution in [0.4, 0.5) is 8.78 Å². The number of carbonyl (C=O) groups is 1. The van der Waals surface area contributed by atoms with Gasteiger partial charge in [-0.25, -0.2) is 8.78 Å². The molecule has 0 radical (unpaired) electrons. The van der Waals surface area contributed by atoms with Crippen molar-refractivity contribution in [3.05, 3.63) is 65.2 Å². The lowest BCUT2D eigenvalue weighted by Gasteiger charge is -2.27. The highest BCUT2D eigenvalue weighted by Crippen LogP contribution is 2.30. The number of ether oxygens (including phenoxy) is 1. The molecule has 0 aromatic heterocycles. The zero-order chi connectivity index (χ0) is 13.4. The topological polar surface area (TPSA) is 38.3 Å². The van der Waals surface area contributed by atoms with Gasteiger partial charge < -0.3 is 10.1 Å². The smallest absolute Gasteiger partial charge is 0.258 e. The average Bonchev–Trinajstić information content (AvgIpc) is 2.41. The molecule has 1 aliphatic heterocycles. The molecular weight excluding hydrogens is 252 g/mol. The van der Waals surface area contributed by atoms with Crippen molar-refractivity contribution in [1.29, 1.82) is 0 Å². The third-order valence-electron chi connectivity index (χ3n) is 2.88. The fourth-order valence-electron chi connectivity index (χ4n) is 1.97. The van der Waals surface area contributed by atoms with Crippen LogP contribution in [-0.4, -0.2) is 5.91 Å². The van der Waals surface area contributed by atoms with E-state index in [9.17, 15) is 13.6 Å². The van der Waals surface area contributed by atoms with Gasteiger partial charge in [0.25, 0.3) is 5.91 Å². The Labute approximate surface area is 107 Å². The Morgan fingerprint density at radius 2 is 1.89 bits per heavy atom. The molecule has 0 saturated heterocycles. The highest BCUT2D eigenvalue weighted by molar-refractivity contribution is 5.97. The fourth-order valence-corrected chi connectivity index (χ4v) is 1.97. The molecule has 0 fully saturated rings. The van der Waals surface area contributed by atoms with Crippen molar-refractivity contribution in [2.75, 3.05) is 0 Å². The molecule has 1 amide bonds. The van der Waals surface area contributed by atoms with E-state index in [0.29, 0.717) is 11.3 Å². The number of rotatable bonds is 1. The van der Waals surface area contributed by atoms with Crippen LogP contribution in [0.25, 0.3) is 0 Å². The summed E-state index contributed by atoms with van der Waals surface area (Å²) in [5.74, 6) is -1.25. The molecule has 3 rings (SSSR count). The van der Waals surface area contributed by atoms with E-state index in [-0.39, 0.29) is 11.5 Å². The summed E-state index contributed by atoms with van der Waals surface area (Å²) in [6, 6.07) is 9.63. The van der Waals surface area contributed by atoms with Gasteiger partial charge >= 0.3 is 0 Å². The van der Waals surface area contributed by atoms with Gasteiger partial charge in [-0.1, -0.05) is 12.1 Å². The minimum Gasteiger partial charge on any atom is -0.465 e. The van der Waals surface area contributed by atoms with E-state index in [2.05, 4.69) is 5.32 Å². The predicted molar refractivity (Wildman–Crippen MR) is 63.6 cm³/mol. The van der Waals surface area contributed by atoms with Gasteiger partial charge in [0, 0.05) is 0 Å². The molecule has 5 heteroatoms. The molecule has 0 spiro atoms. The lowest BCUT2D eigenvalue weighted by atomic mass is 10.1. The highest BCUT2D eigenvalue weighted by Gasteiger charge is 2.28. The Hall–Kier alpha value is -2.43. The minimum atomic E-state index is -1.03. The van der Waals surface area contributed by atoms with Crippen LogP contribution < -0.4 is 10.1 Å². The molecule has 0 aliphatic carbocycles. The van der Waals surface area contributed by atoms with Crippen molar-refractivity contribution < 1.29 is 18.3 Å². The van der Waals surface area contributed by atoms with Gasteiger partial charge in [-0.15, -0.1) is 0 Å². The van der Waals surface area contributed by atoms with E-state index in [1.54, 1.807) is 24.3 Å².